The van der Waals surface area contributed by atoms with Crippen LogP contribution in [0.25, 0.3) is 0 Å². The second-order valence-electron chi connectivity index (χ2n) is 7.94. The lowest BCUT2D eigenvalue weighted by molar-refractivity contribution is -0.120. The minimum Gasteiger partial charge on any atom is -0.497 e. The maximum Gasteiger partial charge on any atom is 0.338 e. The number of ether oxygens (including phenoxy) is 3. The molecule has 2 amide bonds. The van der Waals surface area contributed by atoms with Crippen LogP contribution >= 0.6 is 11.8 Å². The Hall–Kier alpha value is -4.24. The van der Waals surface area contributed by atoms with Crippen LogP contribution in [0.1, 0.15) is 23.7 Å². The number of hydrogen-bond acceptors (Lipinski definition) is 8. The van der Waals surface area contributed by atoms with Crippen LogP contribution in [0.3, 0.4) is 0 Å². The predicted octanol–water partition coefficient (Wildman–Crippen LogP) is 5.26. The van der Waals surface area contributed by atoms with Crippen LogP contribution in [-0.4, -0.2) is 38.6 Å². The number of methoxy groups -OCH3 is 2. The number of hydrogen-bond donors (Lipinski definition) is 1. The van der Waals surface area contributed by atoms with Gasteiger partial charge in [-0.2, -0.15) is 0 Å². The Bertz CT molecular complexity index is 1340. The molecule has 0 radical (unpaired) electrons. The topological polar surface area (TPSA) is 94.2 Å². The Morgan fingerprint density at radius 3 is 2.30 bits per heavy atom. The number of thioether (sulfide) groups is 1. The number of amides is 2. The lowest BCUT2D eigenvalue weighted by Gasteiger charge is -2.16. The van der Waals surface area contributed by atoms with Crippen molar-refractivity contribution in [3.8, 4) is 11.5 Å². The minimum atomic E-state index is -0.525. The fourth-order valence-electron chi connectivity index (χ4n) is 3.62. The van der Waals surface area contributed by atoms with Crippen LogP contribution < -0.4 is 19.7 Å². The van der Waals surface area contributed by atoms with Crippen LogP contribution in [-0.2, 0) is 14.3 Å². The molecular formula is C28H26N2O6S. The molecular weight excluding hydrogens is 492 g/mol. The first-order valence-electron chi connectivity index (χ1n) is 11.6. The molecule has 0 saturated heterocycles. The van der Waals surface area contributed by atoms with E-state index in [-0.39, 0.29) is 10.6 Å². The first-order chi connectivity index (χ1) is 18.0. The number of anilines is 2. The zero-order chi connectivity index (χ0) is 26.4. The third-order valence-corrected chi connectivity index (χ3v) is 6.56. The molecule has 0 aromatic heterocycles. The molecule has 0 atom stereocenters. The van der Waals surface area contributed by atoms with E-state index in [4.69, 9.17) is 14.2 Å². The number of carbonyl (C=O) groups excluding carboxylic acids is 3. The number of rotatable bonds is 10. The average Bonchev–Trinajstić information content (AvgIpc) is 3.16. The SMILES string of the molecule is CCCOC(=O)c1ccc(N2C(=O)C(Nc3ccc(OC)cc3OC)=C(Sc3ccccc3)C2=O)cc1. The summed E-state index contributed by atoms with van der Waals surface area (Å²) in [6.45, 7) is 2.23. The molecule has 0 spiro atoms. The van der Waals surface area contributed by atoms with Crippen LogP contribution in [0.2, 0.25) is 0 Å². The fourth-order valence-corrected chi connectivity index (χ4v) is 4.56. The molecule has 1 aliphatic rings. The Balaban J connectivity index is 1.68. The van der Waals surface area contributed by atoms with Gasteiger partial charge in [0.1, 0.15) is 22.1 Å². The van der Waals surface area contributed by atoms with Crippen molar-refractivity contribution in [2.24, 2.45) is 0 Å². The van der Waals surface area contributed by atoms with Crippen LogP contribution in [0.5, 0.6) is 11.5 Å². The highest BCUT2D eigenvalue weighted by atomic mass is 32.2. The van der Waals surface area contributed by atoms with E-state index in [2.05, 4.69) is 5.32 Å². The van der Waals surface area contributed by atoms with Gasteiger partial charge in [-0.3, -0.25) is 9.59 Å². The molecule has 0 saturated carbocycles. The van der Waals surface area contributed by atoms with E-state index in [0.717, 1.165) is 9.80 Å². The Morgan fingerprint density at radius 2 is 1.65 bits per heavy atom. The van der Waals surface area contributed by atoms with Gasteiger partial charge in [0.25, 0.3) is 11.8 Å². The summed E-state index contributed by atoms with van der Waals surface area (Å²) in [6.07, 6.45) is 0.711. The Morgan fingerprint density at radius 1 is 0.919 bits per heavy atom. The van der Waals surface area contributed by atoms with E-state index >= 15 is 0 Å². The third-order valence-electron chi connectivity index (χ3n) is 5.47. The highest BCUT2D eigenvalue weighted by Crippen LogP contribution is 2.39. The van der Waals surface area contributed by atoms with E-state index < -0.39 is 17.8 Å². The molecule has 0 unspecified atom stereocenters. The number of carbonyl (C=O) groups is 3. The molecule has 1 heterocycles. The second-order valence-corrected chi connectivity index (χ2v) is 9.02. The monoisotopic (exact) mass is 518 g/mol. The molecule has 3 aromatic rings. The normalized spacial score (nSPS) is 13.1. The van der Waals surface area contributed by atoms with Crippen molar-refractivity contribution in [2.75, 3.05) is 31.0 Å². The number of nitrogens with zero attached hydrogens (tertiary/aromatic N) is 1. The van der Waals surface area contributed by atoms with Crippen molar-refractivity contribution in [3.63, 3.8) is 0 Å². The molecule has 9 heteroatoms. The van der Waals surface area contributed by atoms with Crippen molar-refractivity contribution in [1.82, 2.24) is 0 Å². The first-order valence-corrected chi connectivity index (χ1v) is 12.4. The summed E-state index contributed by atoms with van der Waals surface area (Å²) in [5.41, 5.74) is 1.30. The molecule has 3 aromatic carbocycles. The molecule has 37 heavy (non-hydrogen) atoms. The zero-order valence-electron chi connectivity index (χ0n) is 20.6. The van der Waals surface area contributed by atoms with E-state index in [1.807, 2.05) is 37.3 Å². The lowest BCUT2D eigenvalue weighted by atomic mass is 10.2. The van der Waals surface area contributed by atoms with E-state index in [1.54, 1.807) is 37.4 Å². The fraction of sp³-hybridized carbons (Fsp3) is 0.179. The van der Waals surface area contributed by atoms with Gasteiger partial charge in [-0.15, -0.1) is 0 Å². The van der Waals surface area contributed by atoms with Crippen molar-refractivity contribution in [2.45, 2.75) is 18.2 Å². The van der Waals surface area contributed by atoms with Crippen molar-refractivity contribution >= 4 is 40.9 Å². The molecule has 8 nitrogen and oxygen atoms in total. The van der Waals surface area contributed by atoms with Crippen LogP contribution in [0.15, 0.2) is 88.3 Å². The molecule has 0 bridgehead atoms. The third kappa shape index (κ3) is 5.62. The predicted molar refractivity (Wildman–Crippen MR) is 142 cm³/mol. The lowest BCUT2D eigenvalue weighted by Crippen LogP contribution is -2.32. The van der Waals surface area contributed by atoms with Gasteiger partial charge >= 0.3 is 5.97 Å². The molecule has 0 aliphatic carbocycles. The van der Waals surface area contributed by atoms with Crippen molar-refractivity contribution in [1.29, 1.82) is 0 Å². The van der Waals surface area contributed by atoms with Gasteiger partial charge in [-0.1, -0.05) is 36.9 Å². The number of imide groups is 1. The Kier molecular flexibility index (Phi) is 8.15. The summed E-state index contributed by atoms with van der Waals surface area (Å²) in [5, 5.41) is 3.11. The summed E-state index contributed by atoms with van der Waals surface area (Å²) in [5.74, 6) is -0.426. The maximum atomic E-state index is 13.6. The van der Waals surface area contributed by atoms with Crippen molar-refractivity contribution in [3.05, 3.63) is 89.0 Å². The van der Waals surface area contributed by atoms with Crippen molar-refractivity contribution < 1.29 is 28.6 Å². The summed E-state index contributed by atoms with van der Waals surface area (Å²) < 4.78 is 15.9. The Labute approximate surface area is 219 Å². The molecule has 0 fully saturated rings. The second kappa shape index (κ2) is 11.7. The number of nitrogens with one attached hydrogen (secondary N) is 1. The van der Waals surface area contributed by atoms with E-state index in [9.17, 15) is 14.4 Å². The minimum absolute atomic E-state index is 0.119. The summed E-state index contributed by atoms with van der Waals surface area (Å²) >= 11 is 1.19. The van der Waals surface area contributed by atoms with Gasteiger partial charge in [0.05, 0.1) is 37.8 Å². The van der Waals surface area contributed by atoms with Gasteiger partial charge in [-0.25, -0.2) is 9.69 Å². The van der Waals surface area contributed by atoms with Gasteiger partial charge < -0.3 is 19.5 Å². The molecule has 1 N–H and O–H groups in total. The highest BCUT2D eigenvalue weighted by molar-refractivity contribution is 8.04. The summed E-state index contributed by atoms with van der Waals surface area (Å²) in [4.78, 5) is 41.5. The summed E-state index contributed by atoms with van der Waals surface area (Å²) in [6, 6.07) is 20.6. The average molecular weight is 519 g/mol. The van der Waals surface area contributed by atoms with Crippen LogP contribution in [0.4, 0.5) is 11.4 Å². The molecule has 4 rings (SSSR count). The summed E-state index contributed by atoms with van der Waals surface area (Å²) in [7, 11) is 3.06. The first kappa shape index (κ1) is 25.8. The number of esters is 1. The molecule has 1 aliphatic heterocycles. The van der Waals surface area contributed by atoms with Crippen LogP contribution in [0, 0.1) is 0 Å². The van der Waals surface area contributed by atoms with Gasteiger partial charge in [0.15, 0.2) is 0 Å². The van der Waals surface area contributed by atoms with Gasteiger partial charge in [-0.05, 0) is 55.0 Å². The smallest absolute Gasteiger partial charge is 0.338 e. The quantitative estimate of drug-likeness (QED) is 0.287. The molecule has 190 valence electrons. The maximum absolute atomic E-state index is 13.6. The van der Waals surface area contributed by atoms with Gasteiger partial charge in [0, 0.05) is 11.0 Å². The van der Waals surface area contributed by atoms with Gasteiger partial charge in [0.2, 0.25) is 0 Å². The largest absolute Gasteiger partial charge is 0.497 e. The zero-order valence-corrected chi connectivity index (χ0v) is 21.5. The highest BCUT2D eigenvalue weighted by Gasteiger charge is 2.40. The standard InChI is InChI=1S/C28H26N2O6S/c1-4-16-36-28(33)18-10-12-19(13-11-18)30-26(31)24(25(27(30)32)37-21-8-6-5-7-9-21)29-22-15-14-20(34-2)17-23(22)35-3/h5-15,17,29H,4,16H2,1-3H3. The number of benzene rings is 3. The van der Waals surface area contributed by atoms with E-state index in [0.29, 0.717) is 41.5 Å². The van der Waals surface area contributed by atoms with E-state index in [1.165, 1.54) is 31.0 Å².